The van der Waals surface area contributed by atoms with Gasteiger partial charge in [0.2, 0.25) is 11.8 Å². The van der Waals surface area contributed by atoms with Crippen molar-refractivity contribution in [1.29, 1.82) is 0 Å². The molecule has 0 radical (unpaired) electrons. The number of nitrogens with one attached hydrogen (secondary N) is 1. The van der Waals surface area contributed by atoms with Crippen LogP contribution in [0.25, 0.3) is 0 Å². The Morgan fingerprint density at radius 1 is 1.19 bits per heavy atom. The molecule has 9 heteroatoms. The summed E-state index contributed by atoms with van der Waals surface area (Å²) in [7, 11) is 0. The van der Waals surface area contributed by atoms with Crippen molar-refractivity contribution >= 4 is 11.8 Å². The molecule has 9 nitrogen and oxygen atoms in total. The van der Waals surface area contributed by atoms with Crippen molar-refractivity contribution in [2.75, 3.05) is 26.4 Å². The maximum Gasteiger partial charge on any atom is 0.241 e. The number of aliphatic hydroxyl groups excluding tert-OH is 2. The highest BCUT2D eigenvalue weighted by Crippen LogP contribution is 2.38. The monoisotopic (exact) mass is 367 g/mol. The largest absolute Gasteiger partial charge is 0.495 e. The Morgan fingerprint density at radius 3 is 2.73 bits per heavy atom. The molecule has 0 saturated carbocycles. The molecule has 5 unspecified atom stereocenters. The number of likely N-dealkylation sites (tertiary alicyclic amines) is 1. The van der Waals surface area contributed by atoms with E-state index in [1.54, 1.807) is 18.2 Å². The maximum absolute atomic E-state index is 12.9. The van der Waals surface area contributed by atoms with Gasteiger partial charge in [0, 0.05) is 6.54 Å². The van der Waals surface area contributed by atoms with E-state index in [0.717, 1.165) is 4.90 Å². The van der Waals surface area contributed by atoms with Crippen molar-refractivity contribution in [3.05, 3.63) is 24.0 Å². The lowest BCUT2D eigenvalue weighted by Gasteiger charge is -2.36. The number of imide groups is 1. The normalized spacial score (nSPS) is 34.0. The standard InChI is InChI=1S/C17H25N3O6/c18-6-7-25-8-9-26-12-3-1-2-10-14(12)17(24)20(16(10)23)11-4-5-13(21)19-15(11)22/h1-3,10-11,13-15,19,21-22H,4-9,18H2. The Labute approximate surface area is 151 Å². The minimum atomic E-state index is -1.16. The third-order valence-electron chi connectivity index (χ3n) is 4.82. The van der Waals surface area contributed by atoms with Crippen LogP contribution >= 0.6 is 0 Å². The number of hydrogen-bond donors (Lipinski definition) is 4. The van der Waals surface area contributed by atoms with Crippen LogP contribution in [0.3, 0.4) is 0 Å². The smallest absolute Gasteiger partial charge is 0.241 e. The predicted octanol–water partition coefficient (Wildman–Crippen LogP) is -1.58. The summed E-state index contributed by atoms with van der Waals surface area (Å²) in [6.45, 7) is 1.44. The molecule has 2 aliphatic heterocycles. The molecule has 5 atom stereocenters. The number of amides is 2. The fraction of sp³-hybridized carbons (Fsp3) is 0.647. The molecule has 5 N–H and O–H groups in total. The van der Waals surface area contributed by atoms with Crippen LogP contribution < -0.4 is 11.1 Å². The van der Waals surface area contributed by atoms with E-state index in [9.17, 15) is 19.8 Å². The molecule has 144 valence electrons. The van der Waals surface area contributed by atoms with Crippen molar-refractivity contribution in [2.24, 2.45) is 17.6 Å². The number of nitrogens with zero attached hydrogens (tertiary/aromatic N) is 1. The summed E-state index contributed by atoms with van der Waals surface area (Å²) < 4.78 is 10.9. The maximum atomic E-state index is 12.9. The highest BCUT2D eigenvalue weighted by molar-refractivity contribution is 6.07. The molecule has 0 spiro atoms. The summed E-state index contributed by atoms with van der Waals surface area (Å²) in [5.41, 5.74) is 5.35. The third kappa shape index (κ3) is 3.67. The van der Waals surface area contributed by atoms with Crippen LogP contribution in [0.15, 0.2) is 24.0 Å². The van der Waals surface area contributed by atoms with Gasteiger partial charge in [-0.15, -0.1) is 0 Å². The van der Waals surface area contributed by atoms with Gasteiger partial charge in [0.1, 0.15) is 30.7 Å². The second-order valence-electron chi connectivity index (χ2n) is 6.53. The highest BCUT2D eigenvalue weighted by atomic mass is 16.5. The molecular weight excluding hydrogens is 342 g/mol. The third-order valence-corrected chi connectivity index (χ3v) is 4.82. The van der Waals surface area contributed by atoms with Gasteiger partial charge < -0.3 is 25.4 Å². The number of allylic oxidation sites excluding steroid dienone is 2. The van der Waals surface area contributed by atoms with Crippen molar-refractivity contribution in [3.63, 3.8) is 0 Å². The number of ether oxygens (including phenoxy) is 2. The lowest BCUT2D eigenvalue weighted by Crippen LogP contribution is -2.58. The highest BCUT2D eigenvalue weighted by Gasteiger charge is 2.53. The first-order valence-corrected chi connectivity index (χ1v) is 8.82. The van der Waals surface area contributed by atoms with Crippen LogP contribution in [0.5, 0.6) is 0 Å². The first kappa shape index (κ1) is 19.0. The van der Waals surface area contributed by atoms with Gasteiger partial charge in [-0.25, -0.2) is 0 Å². The number of carbonyl (C=O) groups excluding carboxylic acids is 2. The summed E-state index contributed by atoms with van der Waals surface area (Å²) in [6.07, 6.45) is 3.74. The quantitative estimate of drug-likeness (QED) is 0.313. The lowest BCUT2D eigenvalue weighted by atomic mass is 9.89. The van der Waals surface area contributed by atoms with Crippen LogP contribution in [-0.4, -0.2) is 71.8 Å². The number of nitrogens with two attached hydrogens (primary N) is 1. The van der Waals surface area contributed by atoms with Gasteiger partial charge in [-0.3, -0.25) is 19.8 Å². The molecule has 2 amide bonds. The van der Waals surface area contributed by atoms with Crippen LogP contribution in [0.4, 0.5) is 0 Å². The number of aliphatic hydroxyl groups is 2. The molecule has 2 heterocycles. The summed E-state index contributed by atoms with van der Waals surface area (Å²) in [5, 5.41) is 22.3. The van der Waals surface area contributed by atoms with Crippen molar-refractivity contribution in [2.45, 2.75) is 31.3 Å². The van der Waals surface area contributed by atoms with Crippen molar-refractivity contribution in [3.8, 4) is 0 Å². The first-order chi connectivity index (χ1) is 12.5. The van der Waals surface area contributed by atoms with Gasteiger partial charge in [-0.1, -0.05) is 12.2 Å². The number of rotatable bonds is 7. The zero-order chi connectivity index (χ0) is 18.7. The Balaban J connectivity index is 1.68. The van der Waals surface area contributed by atoms with Crippen molar-refractivity contribution in [1.82, 2.24) is 10.2 Å². The van der Waals surface area contributed by atoms with E-state index >= 15 is 0 Å². The Kier molecular flexibility index (Phi) is 6.05. The number of carbonyl (C=O) groups is 2. The Bertz CT molecular complexity index is 607. The minimum Gasteiger partial charge on any atom is -0.495 e. The van der Waals surface area contributed by atoms with Gasteiger partial charge in [0.25, 0.3) is 0 Å². The second kappa shape index (κ2) is 8.28. The van der Waals surface area contributed by atoms with Crippen LogP contribution in [-0.2, 0) is 19.1 Å². The average Bonchev–Trinajstić information content (AvgIpc) is 2.87. The average molecular weight is 367 g/mol. The molecular formula is C17H25N3O6. The topological polar surface area (TPSA) is 134 Å². The fourth-order valence-corrected chi connectivity index (χ4v) is 3.60. The van der Waals surface area contributed by atoms with E-state index in [2.05, 4.69) is 5.32 Å². The summed E-state index contributed by atoms with van der Waals surface area (Å²) in [4.78, 5) is 26.8. The predicted molar refractivity (Wildman–Crippen MR) is 90.1 cm³/mol. The van der Waals surface area contributed by atoms with Gasteiger partial charge in [0.15, 0.2) is 0 Å². The molecule has 0 bridgehead atoms. The summed E-state index contributed by atoms with van der Waals surface area (Å²) >= 11 is 0. The molecule has 0 aromatic heterocycles. The zero-order valence-corrected chi connectivity index (χ0v) is 14.4. The number of fused-ring (bicyclic) bond motifs is 1. The summed E-state index contributed by atoms with van der Waals surface area (Å²) in [5.74, 6) is -1.67. The number of hydrogen-bond acceptors (Lipinski definition) is 8. The zero-order valence-electron chi connectivity index (χ0n) is 14.4. The molecule has 0 aromatic rings. The number of piperidine rings is 1. The first-order valence-electron chi connectivity index (χ1n) is 8.82. The van der Waals surface area contributed by atoms with E-state index in [1.807, 2.05) is 0 Å². The van der Waals surface area contributed by atoms with Gasteiger partial charge >= 0.3 is 0 Å². The summed E-state index contributed by atoms with van der Waals surface area (Å²) in [6, 6.07) is -0.702. The SMILES string of the molecule is NCCOCCOC1=CC=CC2C(=O)N(C3CCC(O)NC3O)C(=O)C12. The van der Waals surface area contributed by atoms with E-state index in [4.69, 9.17) is 15.2 Å². The van der Waals surface area contributed by atoms with Crippen LogP contribution in [0.2, 0.25) is 0 Å². The fourth-order valence-electron chi connectivity index (χ4n) is 3.60. The molecule has 0 aromatic carbocycles. The van der Waals surface area contributed by atoms with Gasteiger partial charge in [0.05, 0.1) is 25.2 Å². The molecule has 3 aliphatic rings. The van der Waals surface area contributed by atoms with Crippen LogP contribution in [0.1, 0.15) is 12.8 Å². The molecule has 3 rings (SSSR count). The van der Waals surface area contributed by atoms with E-state index < -0.39 is 30.3 Å². The van der Waals surface area contributed by atoms with Crippen molar-refractivity contribution < 1.29 is 29.3 Å². The van der Waals surface area contributed by atoms with Crippen LogP contribution in [0, 0.1) is 11.8 Å². The molecule has 26 heavy (non-hydrogen) atoms. The van der Waals surface area contributed by atoms with Gasteiger partial charge in [-0.2, -0.15) is 0 Å². The van der Waals surface area contributed by atoms with E-state index in [1.165, 1.54) is 0 Å². The molecule has 1 aliphatic carbocycles. The van der Waals surface area contributed by atoms with Gasteiger partial charge in [-0.05, 0) is 18.9 Å². The second-order valence-corrected chi connectivity index (χ2v) is 6.53. The molecule has 2 fully saturated rings. The van der Waals surface area contributed by atoms with E-state index in [0.29, 0.717) is 38.4 Å². The van der Waals surface area contributed by atoms with E-state index in [-0.39, 0.29) is 18.4 Å². The Hall–Kier alpha value is -1.78. The lowest BCUT2D eigenvalue weighted by molar-refractivity contribution is -0.149. The Morgan fingerprint density at radius 2 is 2.00 bits per heavy atom. The minimum absolute atomic E-state index is 0.254. The molecule has 2 saturated heterocycles.